The summed E-state index contributed by atoms with van der Waals surface area (Å²) in [5, 5.41) is 0. The Kier molecular flexibility index (Phi) is 4.13. The fourth-order valence-electron chi connectivity index (χ4n) is 2.97. The van der Waals surface area contributed by atoms with Crippen LogP contribution in [0.1, 0.15) is 42.0 Å². The predicted octanol–water partition coefficient (Wildman–Crippen LogP) is 2.39. The Hall–Kier alpha value is -1.10. The van der Waals surface area contributed by atoms with Crippen LogP contribution in [-0.4, -0.2) is 19.8 Å². The van der Waals surface area contributed by atoms with Gasteiger partial charge in [-0.25, -0.2) is 5.43 Å². The predicted molar refractivity (Wildman–Crippen MR) is 76.1 cm³/mol. The Morgan fingerprint density at radius 1 is 1.26 bits per heavy atom. The zero-order valence-corrected chi connectivity index (χ0v) is 12.2. The molecule has 1 saturated carbocycles. The lowest BCUT2D eigenvalue weighted by Crippen LogP contribution is -2.52. The summed E-state index contributed by atoms with van der Waals surface area (Å²) in [4.78, 5) is 0. The first-order valence-corrected chi connectivity index (χ1v) is 6.75. The lowest BCUT2D eigenvalue weighted by Gasteiger charge is -2.46. The van der Waals surface area contributed by atoms with Gasteiger partial charge in [0, 0.05) is 12.7 Å². The molecule has 0 bridgehead atoms. The van der Waals surface area contributed by atoms with E-state index in [1.807, 2.05) is 0 Å². The van der Waals surface area contributed by atoms with Crippen LogP contribution >= 0.6 is 0 Å². The van der Waals surface area contributed by atoms with Gasteiger partial charge in [-0.05, 0) is 44.2 Å². The first-order chi connectivity index (χ1) is 9.09. The molecule has 0 aliphatic heterocycles. The van der Waals surface area contributed by atoms with Crippen LogP contribution in [0.4, 0.5) is 0 Å². The summed E-state index contributed by atoms with van der Waals surface area (Å²) < 4.78 is 11.3. The van der Waals surface area contributed by atoms with Gasteiger partial charge < -0.3 is 9.47 Å². The highest BCUT2D eigenvalue weighted by Gasteiger charge is 2.46. The highest BCUT2D eigenvalue weighted by atomic mass is 16.5. The number of ether oxygens (including phenoxy) is 2. The molecule has 2 rings (SSSR count). The summed E-state index contributed by atoms with van der Waals surface area (Å²) in [6.45, 7) is 4.16. The molecular weight excluding hydrogens is 240 g/mol. The largest absolute Gasteiger partial charge is 0.496 e. The lowest BCUT2D eigenvalue weighted by molar-refractivity contribution is -0.100. The molecular formula is C15H24N2O2. The van der Waals surface area contributed by atoms with Crippen LogP contribution in [-0.2, 0) is 4.74 Å². The summed E-state index contributed by atoms with van der Waals surface area (Å²) in [5.74, 6) is 6.71. The van der Waals surface area contributed by atoms with Crippen molar-refractivity contribution in [1.29, 1.82) is 0 Å². The number of hydrazine groups is 1. The molecule has 0 aromatic heterocycles. The molecule has 0 heterocycles. The molecule has 1 aliphatic rings. The van der Waals surface area contributed by atoms with Crippen molar-refractivity contribution in [2.75, 3.05) is 14.2 Å². The molecule has 1 atom stereocenters. The van der Waals surface area contributed by atoms with Gasteiger partial charge >= 0.3 is 0 Å². The summed E-state index contributed by atoms with van der Waals surface area (Å²) >= 11 is 0. The fraction of sp³-hybridized carbons (Fsp3) is 0.600. The van der Waals surface area contributed by atoms with E-state index in [2.05, 4.69) is 31.4 Å². The van der Waals surface area contributed by atoms with E-state index in [1.165, 1.54) is 12.0 Å². The van der Waals surface area contributed by atoms with Gasteiger partial charge in [0.1, 0.15) is 5.75 Å². The third-order valence-corrected chi connectivity index (χ3v) is 4.52. The van der Waals surface area contributed by atoms with Crippen LogP contribution < -0.4 is 16.0 Å². The Balaban J connectivity index is 2.46. The minimum Gasteiger partial charge on any atom is -0.496 e. The highest BCUT2D eigenvalue weighted by molar-refractivity contribution is 5.47. The maximum atomic E-state index is 5.80. The number of aryl methyl sites for hydroxylation is 1. The van der Waals surface area contributed by atoms with E-state index in [0.29, 0.717) is 0 Å². The van der Waals surface area contributed by atoms with Gasteiger partial charge in [-0.1, -0.05) is 12.1 Å². The van der Waals surface area contributed by atoms with E-state index in [1.54, 1.807) is 14.2 Å². The maximum absolute atomic E-state index is 5.80. The van der Waals surface area contributed by atoms with Gasteiger partial charge in [-0.3, -0.25) is 5.84 Å². The summed E-state index contributed by atoms with van der Waals surface area (Å²) in [7, 11) is 3.47. The van der Waals surface area contributed by atoms with Crippen molar-refractivity contribution >= 4 is 0 Å². The van der Waals surface area contributed by atoms with Crippen LogP contribution in [0.25, 0.3) is 0 Å². The second kappa shape index (κ2) is 5.49. The molecule has 1 fully saturated rings. The Bertz CT molecular complexity index is 450. The van der Waals surface area contributed by atoms with Crippen molar-refractivity contribution in [3.63, 3.8) is 0 Å². The van der Waals surface area contributed by atoms with E-state index >= 15 is 0 Å². The van der Waals surface area contributed by atoms with Crippen LogP contribution in [0.15, 0.2) is 12.1 Å². The standard InChI is InChI=1S/C15H24N2O2/c1-10-6-7-12(13(18-3)11(10)2)14(17-16)15(19-4)8-5-9-15/h6-7,14,17H,5,8-9,16H2,1-4H3. The Morgan fingerprint density at radius 3 is 2.37 bits per heavy atom. The van der Waals surface area contributed by atoms with Crippen LogP contribution in [0.3, 0.4) is 0 Å². The number of hydrogen-bond donors (Lipinski definition) is 2. The zero-order valence-electron chi connectivity index (χ0n) is 12.2. The third kappa shape index (κ3) is 2.24. The first kappa shape index (κ1) is 14.3. The molecule has 0 spiro atoms. The number of methoxy groups -OCH3 is 2. The minimum atomic E-state index is -0.205. The molecule has 4 nitrogen and oxygen atoms in total. The smallest absolute Gasteiger partial charge is 0.126 e. The van der Waals surface area contributed by atoms with Crippen molar-refractivity contribution in [2.24, 2.45) is 5.84 Å². The van der Waals surface area contributed by atoms with E-state index in [0.717, 1.165) is 29.7 Å². The molecule has 3 N–H and O–H groups in total. The Morgan fingerprint density at radius 2 is 1.95 bits per heavy atom. The zero-order chi connectivity index (χ0) is 14.0. The van der Waals surface area contributed by atoms with E-state index < -0.39 is 0 Å². The third-order valence-electron chi connectivity index (χ3n) is 4.52. The number of nitrogens with two attached hydrogens (primary N) is 1. The van der Waals surface area contributed by atoms with Crippen LogP contribution in [0.2, 0.25) is 0 Å². The lowest BCUT2D eigenvalue weighted by atomic mass is 9.72. The van der Waals surface area contributed by atoms with E-state index in [-0.39, 0.29) is 11.6 Å². The van der Waals surface area contributed by atoms with Gasteiger partial charge in [0.05, 0.1) is 18.8 Å². The average Bonchev–Trinajstić information content (AvgIpc) is 2.37. The second-order valence-corrected chi connectivity index (χ2v) is 5.35. The van der Waals surface area contributed by atoms with Crippen molar-refractivity contribution in [2.45, 2.75) is 44.8 Å². The molecule has 0 radical (unpaired) electrons. The van der Waals surface area contributed by atoms with Gasteiger partial charge in [0.15, 0.2) is 0 Å². The maximum Gasteiger partial charge on any atom is 0.126 e. The monoisotopic (exact) mass is 264 g/mol. The second-order valence-electron chi connectivity index (χ2n) is 5.35. The molecule has 19 heavy (non-hydrogen) atoms. The van der Waals surface area contributed by atoms with Gasteiger partial charge in [-0.2, -0.15) is 0 Å². The Labute approximate surface area is 115 Å². The fourth-order valence-corrected chi connectivity index (χ4v) is 2.97. The molecule has 0 saturated heterocycles. The molecule has 1 unspecified atom stereocenters. The van der Waals surface area contributed by atoms with Crippen LogP contribution in [0, 0.1) is 13.8 Å². The SMILES string of the molecule is COc1c(C(NN)C2(OC)CCC2)ccc(C)c1C. The molecule has 1 aliphatic carbocycles. The van der Waals surface area contributed by atoms with E-state index in [4.69, 9.17) is 15.3 Å². The molecule has 0 amide bonds. The van der Waals surface area contributed by atoms with Crippen molar-refractivity contribution in [3.8, 4) is 5.75 Å². The van der Waals surface area contributed by atoms with Crippen molar-refractivity contribution in [3.05, 3.63) is 28.8 Å². The first-order valence-electron chi connectivity index (χ1n) is 6.75. The minimum absolute atomic E-state index is 0.0412. The average molecular weight is 264 g/mol. The molecule has 4 heteroatoms. The normalized spacial score (nSPS) is 18.8. The molecule has 106 valence electrons. The summed E-state index contributed by atoms with van der Waals surface area (Å²) in [6.07, 6.45) is 3.22. The molecule has 1 aromatic rings. The van der Waals surface area contributed by atoms with E-state index in [9.17, 15) is 0 Å². The number of hydrogen-bond acceptors (Lipinski definition) is 4. The number of nitrogens with one attached hydrogen (secondary N) is 1. The van der Waals surface area contributed by atoms with Crippen molar-refractivity contribution in [1.82, 2.24) is 5.43 Å². The topological polar surface area (TPSA) is 56.5 Å². The summed E-state index contributed by atoms with van der Waals surface area (Å²) in [6, 6.07) is 4.16. The molecule has 1 aromatic carbocycles. The summed E-state index contributed by atoms with van der Waals surface area (Å²) in [5.41, 5.74) is 6.18. The van der Waals surface area contributed by atoms with Crippen LogP contribution in [0.5, 0.6) is 5.75 Å². The number of rotatable bonds is 5. The number of benzene rings is 1. The van der Waals surface area contributed by atoms with Gasteiger partial charge in [-0.15, -0.1) is 0 Å². The van der Waals surface area contributed by atoms with Gasteiger partial charge in [0.25, 0.3) is 0 Å². The highest BCUT2D eigenvalue weighted by Crippen LogP contribution is 2.47. The van der Waals surface area contributed by atoms with Crippen molar-refractivity contribution < 1.29 is 9.47 Å². The quantitative estimate of drug-likeness (QED) is 0.633. The van der Waals surface area contributed by atoms with Gasteiger partial charge in [0.2, 0.25) is 0 Å².